The van der Waals surface area contributed by atoms with Gasteiger partial charge in [0.2, 0.25) is 0 Å². The summed E-state index contributed by atoms with van der Waals surface area (Å²) in [6.07, 6.45) is 3.88. The fourth-order valence-electron chi connectivity index (χ4n) is 5.27. The third-order valence-electron chi connectivity index (χ3n) is 7.19. The van der Waals surface area contributed by atoms with Crippen molar-refractivity contribution >= 4 is 34.3 Å². The van der Waals surface area contributed by atoms with Crippen LogP contribution in [0, 0.1) is 5.82 Å². The van der Waals surface area contributed by atoms with Crippen molar-refractivity contribution in [3.8, 4) is 5.69 Å². The number of fused-ring (bicyclic) bond motifs is 2. The number of amides is 2. The molecule has 2 aliphatic heterocycles. The van der Waals surface area contributed by atoms with Crippen LogP contribution in [0.2, 0.25) is 5.02 Å². The summed E-state index contributed by atoms with van der Waals surface area (Å²) in [4.78, 5) is 31.9. The van der Waals surface area contributed by atoms with Gasteiger partial charge in [0.15, 0.2) is 5.69 Å². The molecule has 0 atom stereocenters. The monoisotopic (exact) mass is 520 g/mol. The zero-order valence-corrected chi connectivity index (χ0v) is 20.8. The van der Waals surface area contributed by atoms with Gasteiger partial charge in [0.25, 0.3) is 11.8 Å². The molecule has 4 heterocycles. The summed E-state index contributed by atoms with van der Waals surface area (Å²) in [6, 6.07) is 11.8. The molecule has 1 fully saturated rings. The Balaban J connectivity index is 1.37. The van der Waals surface area contributed by atoms with Crippen LogP contribution in [-0.2, 0) is 13.0 Å². The maximum atomic E-state index is 13.8. The highest BCUT2D eigenvalue weighted by Gasteiger charge is 2.33. The summed E-state index contributed by atoms with van der Waals surface area (Å²) in [6.45, 7) is 2.37. The maximum Gasteiger partial charge on any atom is 0.272 e. The number of piperidine rings is 1. The molecule has 0 unspecified atom stereocenters. The van der Waals surface area contributed by atoms with E-state index in [0.29, 0.717) is 29.8 Å². The molecule has 2 aliphatic rings. The number of aromatic nitrogens is 3. The number of halogens is 2. The molecule has 6 rings (SSSR count). The summed E-state index contributed by atoms with van der Waals surface area (Å²) in [5.74, 6) is -0.837. The van der Waals surface area contributed by atoms with E-state index in [0.717, 1.165) is 42.5 Å². The van der Waals surface area contributed by atoms with Crippen molar-refractivity contribution in [2.45, 2.75) is 31.8 Å². The van der Waals surface area contributed by atoms with E-state index < -0.39 is 5.82 Å². The molecule has 4 aromatic rings. The summed E-state index contributed by atoms with van der Waals surface area (Å²) in [5, 5.41) is 12.1. The van der Waals surface area contributed by atoms with Gasteiger partial charge in [0, 0.05) is 41.7 Å². The molecule has 0 aliphatic carbocycles. The van der Waals surface area contributed by atoms with Gasteiger partial charge in [-0.15, -0.1) is 0 Å². The molecule has 8 nitrogen and oxygen atoms in total. The van der Waals surface area contributed by atoms with Gasteiger partial charge in [-0.3, -0.25) is 9.59 Å². The Kier molecular flexibility index (Phi) is 6.18. The molecule has 0 spiro atoms. The van der Waals surface area contributed by atoms with E-state index in [9.17, 15) is 14.0 Å². The Labute approximate surface area is 217 Å². The van der Waals surface area contributed by atoms with E-state index in [4.69, 9.17) is 11.6 Å². The fraction of sp³-hybridized carbons (Fsp3) is 0.296. The zero-order valence-electron chi connectivity index (χ0n) is 20.1. The van der Waals surface area contributed by atoms with Gasteiger partial charge in [-0.1, -0.05) is 29.8 Å². The molecule has 1 saturated heterocycles. The van der Waals surface area contributed by atoms with Gasteiger partial charge in [0.1, 0.15) is 5.82 Å². The highest BCUT2D eigenvalue weighted by atomic mass is 35.5. The quantitative estimate of drug-likeness (QED) is 0.381. The number of hydrogen-bond donors (Lipinski definition) is 3. The van der Waals surface area contributed by atoms with Crippen molar-refractivity contribution in [3.05, 3.63) is 82.0 Å². The smallest absolute Gasteiger partial charge is 0.272 e. The van der Waals surface area contributed by atoms with Crippen LogP contribution in [0.4, 0.5) is 4.39 Å². The molecule has 2 aromatic heterocycles. The predicted octanol–water partition coefficient (Wildman–Crippen LogP) is 3.83. The van der Waals surface area contributed by atoms with Crippen molar-refractivity contribution in [3.63, 3.8) is 0 Å². The van der Waals surface area contributed by atoms with Gasteiger partial charge in [-0.05, 0) is 50.2 Å². The van der Waals surface area contributed by atoms with Gasteiger partial charge in [-0.2, -0.15) is 5.10 Å². The highest BCUT2D eigenvalue weighted by molar-refractivity contribution is 6.32. The van der Waals surface area contributed by atoms with Crippen molar-refractivity contribution in [2.24, 2.45) is 0 Å². The first-order valence-electron chi connectivity index (χ1n) is 12.4. The van der Waals surface area contributed by atoms with Gasteiger partial charge >= 0.3 is 0 Å². The minimum absolute atomic E-state index is 0.0523. The molecular weight excluding hydrogens is 495 g/mol. The highest BCUT2D eigenvalue weighted by Crippen LogP contribution is 2.30. The fourth-order valence-corrected chi connectivity index (χ4v) is 5.51. The second-order valence-corrected chi connectivity index (χ2v) is 9.91. The Morgan fingerprint density at radius 3 is 2.76 bits per heavy atom. The van der Waals surface area contributed by atoms with E-state index in [2.05, 4.69) is 20.7 Å². The minimum Gasteiger partial charge on any atom is -0.360 e. The number of H-pyrrole nitrogens is 1. The molecule has 190 valence electrons. The topological polar surface area (TPSA) is 95.1 Å². The minimum atomic E-state index is -0.450. The molecular formula is C27H26ClFN6O2. The van der Waals surface area contributed by atoms with Crippen molar-refractivity contribution in [1.29, 1.82) is 0 Å². The first-order valence-corrected chi connectivity index (χ1v) is 12.8. The van der Waals surface area contributed by atoms with Crippen LogP contribution in [-0.4, -0.2) is 57.2 Å². The number of hydrogen-bond acceptors (Lipinski definition) is 4. The predicted molar refractivity (Wildman–Crippen MR) is 139 cm³/mol. The van der Waals surface area contributed by atoms with Crippen LogP contribution >= 0.6 is 11.6 Å². The molecule has 0 saturated carbocycles. The Bertz CT molecular complexity index is 1510. The molecule has 0 radical (unpaired) electrons. The number of carbonyl (C=O) groups is 2. The van der Waals surface area contributed by atoms with Crippen LogP contribution < -0.4 is 10.6 Å². The third-order valence-corrected chi connectivity index (χ3v) is 7.49. The summed E-state index contributed by atoms with van der Waals surface area (Å²) >= 11 is 6.38. The van der Waals surface area contributed by atoms with Crippen LogP contribution in [0.15, 0.2) is 48.7 Å². The number of benzene rings is 2. The first kappa shape index (κ1) is 23.7. The normalized spacial score (nSPS) is 16.1. The Hall–Kier alpha value is -3.69. The summed E-state index contributed by atoms with van der Waals surface area (Å²) in [7, 11) is 0. The standard InChI is InChI=1S/C27H26ClFN6O2/c28-21-13-16(29)5-6-24(21)35-23-9-12-34(27(37)19-14-31-22-4-2-1-3-18(19)22)15-20(23)25(33-35)26(36)32-17-7-10-30-11-8-17/h1-6,13-14,17,30-31H,7-12,15H2,(H,32,36). The lowest BCUT2D eigenvalue weighted by atomic mass is 10.0. The lowest BCUT2D eigenvalue weighted by molar-refractivity contribution is 0.0732. The molecule has 2 amide bonds. The average molecular weight is 521 g/mol. The Morgan fingerprint density at radius 2 is 1.95 bits per heavy atom. The summed E-state index contributed by atoms with van der Waals surface area (Å²) in [5.41, 5.74) is 3.73. The second-order valence-electron chi connectivity index (χ2n) is 9.50. The van der Waals surface area contributed by atoms with Crippen LogP contribution in [0.5, 0.6) is 0 Å². The SMILES string of the molecule is O=C(NC1CCNCC1)c1nn(-c2ccc(F)cc2Cl)c2c1CN(C(=O)c1c[nH]c3ccccc13)CC2. The van der Waals surface area contributed by atoms with Crippen LogP contribution in [0.1, 0.15) is 44.9 Å². The molecule has 10 heteroatoms. The van der Waals surface area contributed by atoms with Gasteiger partial charge < -0.3 is 20.5 Å². The second kappa shape index (κ2) is 9.64. The number of rotatable bonds is 4. The van der Waals surface area contributed by atoms with Crippen molar-refractivity contribution in [1.82, 2.24) is 30.3 Å². The van der Waals surface area contributed by atoms with E-state index in [1.807, 2.05) is 24.3 Å². The number of nitrogens with zero attached hydrogens (tertiary/aromatic N) is 3. The molecule has 2 aromatic carbocycles. The van der Waals surface area contributed by atoms with Crippen molar-refractivity contribution in [2.75, 3.05) is 19.6 Å². The number of nitrogens with one attached hydrogen (secondary N) is 3. The van der Waals surface area contributed by atoms with Crippen LogP contribution in [0.3, 0.4) is 0 Å². The van der Waals surface area contributed by atoms with Crippen LogP contribution in [0.25, 0.3) is 16.6 Å². The third kappa shape index (κ3) is 4.38. The molecule has 3 N–H and O–H groups in total. The molecule has 37 heavy (non-hydrogen) atoms. The number of carbonyl (C=O) groups excluding carboxylic acids is 2. The Morgan fingerprint density at radius 1 is 1.14 bits per heavy atom. The first-order chi connectivity index (χ1) is 18.0. The van der Waals surface area contributed by atoms with E-state index in [-0.39, 0.29) is 35.1 Å². The summed E-state index contributed by atoms with van der Waals surface area (Å²) < 4.78 is 15.4. The average Bonchev–Trinajstić information content (AvgIpc) is 3.51. The lowest BCUT2D eigenvalue weighted by Crippen LogP contribution is -2.43. The number of para-hydroxylation sites is 1. The zero-order chi connectivity index (χ0) is 25.5. The lowest BCUT2D eigenvalue weighted by Gasteiger charge is -2.28. The van der Waals surface area contributed by atoms with E-state index in [1.165, 1.54) is 12.1 Å². The van der Waals surface area contributed by atoms with Gasteiger partial charge in [-0.25, -0.2) is 9.07 Å². The van der Waals surface area contributed by atoms with E-state index >= 15 is 0 Å². The van der Waals surface area contributed by atoms with Gasteiger partial charge in [0.05, 0.1) is 28.5 Å². The largest absolute Gasteiger partial charge is 0.360 e. The van der Waals surface area contributed by atoms with E-state index in [1.54, 1.807) is 21.8 Å². The molecule has 0 bridgehead atoms. The number of aromatic amines is 1. The van der Waals surface area contributed by atoms with Crippen molar-refractivity contribution < 1.29 is 14.0 Å². The maximum absolute atomic E-state index is 13.8.